The molecule has 110 valence electrons. The van der Waals surface area contributed by atoms with Gasteiger partial charge in [-0.15, -0.1) is 0 Å². The highest BCUT2D eigenvalue weighted by Crippen LogP contribution is 2.39. The number of hydrogen-bond acceptors (Lipinski definition) is 4. The van der Waals surface area contributed by atoms with Gasteiger partial charge in [-0.05, 0) is 25.0 Å². The van der Waals surface area contributed by atoms with Gasteiger partial charge in [0.15, 0.2) is 9.84 Å². The molecule has 0 aliphatic heterocycles. The summed E-state index contributed by atoms with van der Waals surface area (Å²) in [5, 5.41) is 0.0168. The van der Waals surface area contributed by atoms with Crippen molar-refractivity contribution in [1.82, 2.24) is 9.97 Å². The van der Waals surface area contributed by atoms with E-state index in [1.54, 1.807) is 25.4 Å². The number of hydrogen-bond donors (Lipinski definition) is 0. The van der Waals surface area contributed by atoms with Gasteiger partial charge in [-0.1, -0.05) is 24.6 Å². The number of halogens is 1. The van der Waals surface area contributed by atoms with Crippen LogP contribution in [0.2, 0.25) is 5.15 Å². The van der Waals surface area contributed by atoms with Gasteiger partial charge in [0, 0.05) is 35.1 Å². The van der Waals surface area contributed by atoms with E-state index in [9.17, 15) is 8.42 Å². The summed E-state index contributed by atoms with van der Waals surface area (Å²) in [7, 11) is -3.39. The predicted octanol–water partition coefficient (Wildman–Crippen LogP) is 3.47. The van der Waals surface area contributed by atoms with E-state index in [0.29, 0.717) is 11.5 Å². The average molecular weight is 323 g/mol. The Balaban J connectivity index is 2.00. The van der Waals surface area contributed by atoms with Gasteiger partial charge >= 0.3 is 0 Å². The first-order valence-electron chi connectivity index (χ1n) is 6.86. The van der Waals surface area contributed by atoms with Crippen LogP contribution < -0.4 is 0 Å². The standard InChI is InChI=1S/C15H15ClN2O2S/c1-2-21(19,20)14-7-12(9-18-15(14)16)11-5-6-13(17-8-11)10-3-4-10/h5-10H,2-4H2,1H3. The Bertz CT molecular complexity index is 769. The van der Waals surface area contributed by atoms with Crippen molar-refractivity contribution in [1.29, 1.82) is 0 Å². The molecule has 0 radical (unpaired) electrons. The molecule has 4 nitrogen and oxygen atoms in total. The Labute approximate surface area is 129 Å². The van der Waals surface area contributed by atoms with Gasteiger partial charge in [0.05, 0.1) is 5.75 Å². The van der Waals surface area contributed by atoms with E-state index in [1.165, 1.54) is 12.8 Å². The van der Waals surface area contributed by atoms with Crippen molar-refractivity contribution in [2.45, 2.75) is 30.6 Å². The zero-order valence-corrected chi connectivity index (χ0v) is 13.2. The second-order valence-corrected chi connectivity index (χ2v) is 7.77. The first-order valence-corrected chi connectivity index (χ1v) is 8.89. The summed E-state index contributed by atoms with van der Waals surface area (Å²) < 4.78 is 24.0. The molecule has 0 unspecified atom stereocenters. The highest BCUT2D eigenvalue weighted by molar-refractivity contribution is 7.91. The Hall–Kier alpha value is -1.46. The summed E-state index contributed by atoms with van der Waals surface area (Å²) in [6.45, 7) is 1.59. The molecule has 2 heterocycles. The third-order valence-corrected chi connectivity index (χ3v) is 5.79. The molecule has 1 aliphatic carbocycles. The second-order valence-electron chi connectivity index (χ2n) is 5.16. The van der Waals surface area contributed by atoms with Gasteiger partial charge in [0.2, 0.25) is 0 Å². The van der Waals surface area contributed by atoms with Crippen LogP contribution in [0.15, 0.2) is 35.5 Å². The lowest BCUT2D eigenvalue weighted by Gasteiger charge is -2.07. The molecule has 3 rings (SSSR count). The molecule has 6 heteroatoms. The maximum atomic E-state index is 12.0. The summed E-state index contributed by atoms with van der Waals surface area (Å²) in [6.07, 6.45) is 5.74. The van der Waals surface area contributed by atoms with Gasteiger partial charge in [-0.3, -0.25) is 4.98 Å². The molecule has 2 aromatic heterocycles. The lowest BCUT2D eigenvalue weighted by molar-refractivity contribution is 0.597. The Kier molecular flexibility index (Phi) is 3.71. The van der Waals surface area contributed by atoms with E-state index in [0.717, 1.165) is 11.3 Å². The molecule has 1 fully saturated rings. The van der Waals surface area contributed by atoms with Crippen molar-refractivity contribution in [2.75, 3.05) is 5.75 Å². The largest absolute Gasteiger partial charge is 0.260 e. The third kappa shape index (κ3) is 2.94. The smallest absolute Gasteiger partial charge is 0.181 e. The van der Waals surface area contributed by atoms with Crippen LogP contribution in [-0.2, 0) is 9.84 Å². The molecule has 21 heavy (non-hydrogen) atoms. The fraction of sp³-hybridized carbons (Fsp3) is 0.333. The van der Waals surface area contributed by atoms with Gasteiger partial charge in [-0.25, -0.2) is 13.4 Å². The summed E-state index contributed by atoms with van der Waals surface area (Å²) in [6, 6.07) is 5.52. The SMILES string of the molecule is CCS(=O)(=O)c1cc(-c2ccc(C3CC3)nc2)cnc1Cl. The van der Waals surface area contributed by atoms with Gasteiger partial charge in [0.25, 0.3) is 0 Å². The minimum Gasteiger partial charge on any atom is -0.260 e. The molecule has 1 saturated carbocycles. The average Bonchev–Trinajstić information content (AvgIpc) is 3.32. The molecule has 0 spiro atoms. The van der Waals surface area contributed by atoms with Crippen molar-refractivity contribution in [2.24, 2.45) is 0 Å². The van der Waals surface area contributed by atoms with Crippen LogP contribution in [-0.4, -0.2) is 24.1 Å². The lowest BCUT2D eigenvalue weighted by atomic mass is 10.1. The Morgan fingerprint density at radius 1 is 1.19 bits per heavy atom. The maximum absolute atomic E-state index is 12.0. The minimum atomic E-state index is -3.39. The van der Waals surface area contributed by atoms with Crippen LogP contribution in [0.25, 0.3) is 11.1 Å². The number of pyridine rings is 2. The molecule has 2 aromatic rings. The highest BCUT2D eigenvalue weighted by atomic mass is 35.5. The highest BCUT2D eigenvalue weighted by Gasteiger charge is 2.24. The third-order valence-electron chi connectivity index (χ3n) is 3.64. The van der Waals surface area contributed by atoms with E-state index in [4.69, 9.17) is 11.6 Å². The normalized spacial score (nSPS) is 15.1. The van der Waals surface area contributed by atoms with E-state index in [2.05, 4.69) is 9.97 Å². The molecule has 0 atom stereocenters. The monoisotopic (exact) mass is 322 g/mol. The number of nitrogens with zero attached hydrogens (tertiary/aromatic N) is 2. The minimum absolute atomic E-state index is 0.00325. The maximum Gasteiger partial charge on any atom is 0.181 e. The van der Waals surface area contributed by atoms with Crippen molar-refractivity contribution in [3.63, 3.8) is 0 Å². The molecule has 0 amide bonds. The fourth-order valence-corrected chi connectivity index (χ4v) is 3.54. The summed E-state index contributed by atoms with van der Waals surface area (Å²) in [5.41, 5.74) is 2.65. The molecule has 0 bridgehead atoms. The zero-order chi connectivity index (χ0) is 15.0. The summed E-state index contributed by atoms with van der Waals surface area (Å²) in [5.74, 6) is 0.593. The molecule has 0 saturated heterocycles. The molecular formula is C15H15ClN2O2S. The van der Waals surface area contributed by atoms with Crippen molar-refractivity contribution < 1.29 is 8.42 Å². The molecule has 0 N–H and O–H groups in total. The quantitative estimate of drug-likeness (QED) is 0.809. The van der Waals surface area contributed by atoms with Crippen LogP contribution in [0.3, 0.4) is 0 Å². The van der Waals surface area contributed by atoms with Gasteiger partial charge < -0.3 is 0 Å². The number of aromatic nitrogens is 2. The van der Waals surface area contributed by atoms with Gasteiger partial charge in [0.1, 0.15) is 10.0 Å². The molecule has 0 aromatic carbocycles. The molecular weight excluding hydrogens is 308 g/mol. The first-order chi connectivity index (χ1) is 10.0. The van der Waals surface area contributed by atoms with Crippen LogP contribution in [0.4, 0.5) is 0 Å². The van der Waals surface area contributed by atoms with E-state index >= 15 is 0 Å². The first kappa shape index (κ1) is 14.5. The zero-order valence-electron chi connectivity index (χ0n) is 11.6. The predicted molar refractivity (Wildman–Crippen MR) is 82.2 cm³/mol. The fourth-order valence-electron chi connectivity index (χ4n) is 2.16. The summed E-state index contributed by atoms with van der Waals surface area (Å²) >= 11 is 5.92. The van der Waals surface area contributed by atoms with E-state index in [1.807, 2.05) is 12.1 Å². The van der Waals surface area contributed by atoms with E-state index < -0.39 is 9.84 Å². The lowest BCUT2D eigenvalue weighted by Crippen LogP contribution is -2.05. The topological polar surface area (TPSA) is 59.9 Å². The number of sulfone groups is 1. The van der Waals surface area contributed by atoms with Crippen LogP contribution in [0.5, 0.6) is 0 Å². The molecule has 1 aliphatic rings. The number of rotatable bonds is 4. The Morgan fingerprint density at radius 3 is 2.48 bits per heavy atom. The van der Waals surface area contributed by atoms with E-state index in [-0.39, 0.29) is 15.8 Å². The van der Waals surface area contributed by atoms with Gasteiger partial charge in [-0.2, -0.15) is 0 Å². The van der Waals surface area contributed by atoms with Crippen molar-refractivity contribution in [3.05, 3.63) is 41.4 Å². The van der Waals surface area contributed by atoms with Crippen LogP contribution in [0, 0.1) is 0 Å². The van der Waals surface area contributed by atoms with Crippen LogP contribution >= 0.6 is 11.6 Å². The second kappa shape index (κ2) is 5.39. The van der Waals surface area contributed by atoms with Crippen LogP contribution in [0.1, 0.15) is 31.4 Å². The Morgan fingerprint density at radius 2 is 1.90 bits per heavy atom. The summed E-state index contributed by atoms with van der Waals surface area (Å²) in [4.78, 5) is 8.52. The van der Waals surface area contributed by atoms with Crippen molar-refractivity contribution in [3.8, 4) is 11.1 Å². The van der Waals surface area contributed by atoms with Crippen molar-refractivity contribution >= 4 is 21.4 Å².